The van der Waals surface area contributed by atoms with Crippen LogP contribution in [0.15, 0.2) is 0 Å². The summed E-state index contributed by atoms with van der Waals surface area (Å²) in [5.74, 6) is 0.762. The fourth-order valence-electron chi connectivity index (χ4n) is 2.45. The number of aliphatic hydroxyl groups excluding tert-OH is 1. The minimum atomic E-state index is -0.106. The van der Waals surface area contributed by atoms with Crippen LogP contribution in [-0.2, 0) is 0 Å². The van der Waals surface area contributed by atoms with Crippen molar-refractivity contribution in [2.45, 2.75) is 20.3 Å². The van der Waals surface area contributed by atoms with Gasteiger partial charge in [-0.15, -0.1) is 0 Å². The maximum atomic E-state index is 11.7. The van der Waals surface area contributed by atoms with Crippen LogP contribution < -0.4 is 10.6 Å². The first-order valence-corrected chi connectivity index (χ1v) is 8.04. The molecule has 1 aliphatic rings. The minimum Gasteiger partial charge on any atom is -0.396 e. The number of nitrogens with zero attached hydrogens (tertiary/aromatic N) is 2. The summed E-state index contributed by atoms with van der Waals surface area (Å²) in [6.07, 6.45) is 0.722. The molecule has 6 nitrogen and oxygen atoms in total. The third-order valence-electron chi connectivity index (χ3n) is 4.01. The number of piperazine rings is 1. The van der Waals surface area contributed by atoms with Gasteiger partial charge in [0.1, 0.15) is 0 Å². The van der Waals surface area contributed by atoms with Gasteiger partial charge in [0.15, 0.2) is 0 Å². The number of carbonyl (C=O) groups excluding carboxylic acids is 1. The van der Waals surface area contributed by atoms with Crippen molar-refractivity contribution in [3.05, 3.63) is 0 Å². The van der Waals surface area contributed by atoms with E-state index in [1.165, 1.54) is 0 Å². The maximum absolute atomic E-state index is 11.7. The molecule has 0 spiro atoms. The Morgan fingerprint density at radius 1 is 1.10 bits per heavy atom. The zero-order valence-electron chi connectivity index (χ0n) is 13.8. The maximum Gasteiger partial charge on any atom is 0.314 e. The quantitative estimate of drug-likeness (QED) is 0.598. The van der Waals surface area contributed by atoms with E-state index in [4.69, 9.17) is 5.11 Å². The number of carbonyl (C=O) groups is 1. The Morgan fingerprint density at radius 3 is 2.24 bits per heavy atom. The summed E-state index contributed by atoms with van der Waals surface area (Å²) in [6.45, 7) is 11.2. The molecule has 2 atom stereocenters. The Kier molecular flexibility index (Phi) is 8.64. The number of nitrogens with one attached hydrogen (secondary N) is 2. The van der Waals surface area contributed by atoms with Gasteiger partial charge in [0, 0.05) is 52.4 Å². The van der Waals surface area contributed by atoms with Gasteiger partial charge in [-0.25, -0.2) is 4.79 Å². The third-order valence-corrected chi connectivity index (χ3v) is 4.01. The van der Waals surface area contributed by atoms with E-state index < -0.39 is 0 Å². The SMILES string of the molecule is CC(CCO)CNC(=O)NCC(C)CN1CCN(C)CC1. The first-order valence-electron chi connectivity index (χ1n) is 8.04. The molecule has 0 radical (unpaired) electrons. The van der Waals surface area contributed by atoms with Crippen LogP contribution in [0.2, 0.25) is 0 Å². The monoisotopic (exact) mass is 300 g/mol. The smallest absolute Gasteiger partial charge is 0.314 e. The van der Waals surface area contributed by atoms with Crippen LogP contribution in [0.5, 0.6) is 0 Å². The van der Waals surface area contributed by atoms with Crippen molar-refractivity contribution >= 4 is 6.03 Å². The highest BCUT2D eigenvalue weighted by molar-refractivity contribution is 5.73. The lowest BCUT2D eigenvalue weighted by Gasteiger charge is -2.33. The van der Waals surface area contributed by atoms with Gasteiger partial charge >= 0.3 is 6.03 Å². The standard InChI is InChI=1S/C15H32N4O2/c1-13(4-9-20)10-16-15(21)17-11-14(2)12-19-7-5-18(3)6-8-19/h13-14,20H,4-12H2,1-3H3,(H2,16,17,21). The van der Waals surface area contributed by atoms with Gasteiger partial charge < -0.3 is 25.5 Å². The summed E-state index contributed by atoms with van der Waals surface area (Å²) < 4.78 is 0. The summed E-state index contributed by atoms with van der Waals surface area (Å²) in [7, 11) is 2.16. The van der Waals surface area contributed by atoms with Crippen LogP contribution in [0, 0.1) is 11.8 Å². The lowest BCUT2D eigenvalue weighted by Crippen LogP contribution is -2.47. The van der Waals surface area contributed by atoms with Gasteiger partial charge in [0.25, 0.3) is 0 Å². The molecule has 0 aromatic rings. The number of hydrogen-bond donors (Lipinski definition) is 3. The molecule has 0 bridgehead atoms. The zero-order chi connectivity index (χ0) is 15.7. The molecule has 1 fully saturated rings. The van der Waals surface area contributed by atoms with E-state index in [1.807, 2.05) is 6.92 Å². The summed E-state index contributed by atoms with van der Waals surface area (Å²) in [5, 5.41) is 14.6. The van der Waals surface area contributed by atoms with Crippen LogP contribution in [0.4, 0.5) is 4.79 Å². The fourth-order valence-corrected chi connectivity index (χ4v) is 2.45. The number of rotatable bonds is 8. The number of urea groups is 1. The molecule has 1 saturated heterocycles. The highest BCUT2D eigenvalue weighted by Gasteiger charge is 2.16. The summed E-state index contributed by atoms with van der Waals surface area (Å²) in [6, 6.07) is -0.106. The molecule has 0 aliphatic carbocycles. The zero-order valence-corrected chi connectivity index (χ0v) is 13.8. The molecule has 1 aliphatic heterocycles. The predicted octanol–water partition coefficient (Wildman–Crippen LogP) is 0.188. The Labute approximate surface area is 128 Å². The van der Waals surface area contributed by atoms with Crippen molar-refractivity contribution < 1.29 is 9.90 Å². The number of amides is 2. The van der Waals surface area contributed by atoms with Crippen LogP contribution in [0.3, 0.4) is 0 Å². The van der Waals surface area contributed by atoms with E-state index in [2.05, 4.69) is 34.4 Å². The Balaban J connectivity index is 2.09. The molecule has 2 unspecified atom stereocenters. The molecule has 1 heterocycles. The van der Waals surface area contributed by atoms with Crippen LogP contribution >= 0.6 is 0 Å². The minimum absolute atomic E-state index is 0.106. The molecule has 21 heavy (non-hydrogen) atoms. The van der Waals surface area contributed by atoms with Crippen molar-refractivity contribution in [1.29, 1.82) is 0 Å². The number of likely N-dealkylation sites (N-methyl/N-ethyl adjacent to an activating group) is 1. The van der Waals surface area contributed by atoms with Crippen LogP contribution in [0.1, 0.15) is 20.3 Å². The van der Waals surface area contributed by atoms with E-state index >= 15 is 0 Å². The van der Waals surface area contributed by atoms with Gasteiger partial charge in [-0.3, -0.25) is 0 Å². The number of hydrogen-bond acceptors (Lipinski definition) is 4. The Hall–Kier alpha value is -0.850. The topological polar surface area (TPSA) is 67.8 Å². The van der Waals surface area contributed by atoms with E-state index in [9.17, 15) is 4.79 Å². The highest BCUT2D eigenvalue weighted by Crippen LogP contribution is 2.03. The molecule has 3 N–H and O–H groups in total. The van der Waals surface area contributed by atoms with E-state index in [-0.39, 0.29) is 12.6 Å². The molecule has 0 aromatic carbocycles. The van der Waals surface area contributed by atoms with Gasteiger partial charge in [-0.1, -0.05) is 13.8 Å². The second-order valence-electron chi connectivity index (χ2n) is 6.42. The average Bonchev–Trinajstić information content (AvgIpc) is 2.46. The molecular formula is C15H32N4O2. The van der Waals surface area contributed by atoms with E-state index in [1.54, 1.807) is 0 Å². The second kappa shape index (κ2) is 9.97. The first-order chi connectivity index (χ1) is 10.0. The average molecular weight is 300 g/mol. The normalized spacial score (nSPS) is 20.0. The van der Waals surface area contributed by atoms with Gasteiger partial charge in [0.2, 0.25) is 0 Å². The highest BCUT2D eigenvalue weighted by atomic mass is 16.3. The third kappa shape index (κ3) is 8.24. The first kappa shape index (κ1) is 18.2. The molecular weight excluding hydrogens is 268 g/mol. The molecule has 6 heteroatoms. The molecule has 0 saturated carbocycles. The lowest BCUT2D eigenvalue weighted by atomic mass is 10.1. The second-order valence-corrected chi connectivity index (χ2v) is 6.42. The van der Waals surface area contributed by atoms with E-state index in [0.29, 0.717) is 24.9 Å². The fraction of sp³-hybridized carbons (Fsp3) is 0.933. The largest absolute Gasteiger partial charge is 0.396 e. The van der Waals surface area contributed by atoms with Crippen molar-refractivity contribution in [3.8, 4) is 0 Å². The predicted molar refractivity (Wildman–Crippen MR) is 85.4 cm³/mol. The molecule has 2 amide bonds. The summed E-state index contributed by atoms with van der Waals surface area (Å²) in [4.78, 5) is 16.5. The van der Waals surface area contributed by atoms with Gasteiger partial charge in [-0.05, 0) is 25.3 Å². The van der Waals surface area contributed by atoms with Crippen molar-refractivity contribution in [2.75, 3.05) is 59.5 Å². The number of aliphatic hydroxyl groups is 1. The van der Waals surface area contributed by atoms with Gasteiger partial charge in [-0.2, -0.15) is 0 Å². The lowest BCUT2D eigenvalue weighted by molar-refractivity contribution is 0.138. The van der Waals surface area contributed by atoms with Crippen LogP contribution in [0.25, 0.3) is 0 Å². The van der Waals surface area contributed by atoms with Crippen molar-refractivity contribution in [1.82, 2.24) is 20.4 Å². The molecule has 0 aromatic heterocycles. The Morgan fingerprint density at radius 2 is 1.67 bits per heavy atom. The molecule has 1 rings (SSSR count). The van der Waals surface area contributed by atoms with Crippen molar-refractivity contribution in [3.63, 3.8) is 0 Å². The van der Waals surface area contributed by atoms with Crippen molar-refractivity contribution in [2.24, 2.45) is 11.8 Å². The van der Waals surface area contributed by atoms with Gasteiger partial charge in [0.05, 0.1) is 0 Å². The molecule has 124 valence electrons. The Bertz CT molecular complexity index is 293. The summed E-state index contributed by atoms with van der Waals surface area (Å²) >= 11 is 0. The summed E-state index contributed by atoms with van der Waals surface area (Å²) in [5.41, 5.74) is 0. The van der Waals surface area contributed by atoms with E-state index in [0.717, 1.165) is 39.1 Å². The van der Waals surface area contributed by atoms with Crippen LogP contribution in [-0.4, -0.2) is 80.4 Å².